The van der Waals surface area contributed by atoms with Crippen molar-refractivity contribution in [2.75, 3.05) is 14.1 Å². The molecular weight excluding hydrogens is 176 g/mol. The summed E-state index contributed by atoms with van der Waals surface area (Å²) in [6.07, 6.45) is 5.38. The Bertz CT molecular complexity index is 209. The minimum absolute atomic E-state index is 0.322. The second-order valence-corrected chi connectivity index (χ2v) is 3.89. The molecule has 0 saturated carbocycles. The highest BCUT2D eigenvalue weighted by Crippen LogP contribution is 2.09. The summed E-state index contributed by atoms with van der Waals surface area (Å²) in [5.74, 6) is -0.326. The van der Waals surface area contributed by atoms with Gasteiger partial charge in [0.15, 0.2) is 0 Å². The van der Waals surface area contributed by atoms with E-state index in [1.807, 2.05) is 20.2 Å². The summed E-state index contributed by atoms with van der Waals surface area (Å²) in [5, 5.41) is 0. The van der Waals surface area contributed by atoms with Crippen LogP contribution in [0.2, 0.25) is 0 Å². The van der Waals surface area contributed by atoms with E-state index < -0.39 is 0 Å². The van der Waals surface area contributed by atoms with E-state index in [2.05, 4.69) is 11.8 Å². The van der Waals surface area contributed by atoms with Gasteiger partial charge in [0.1, 0.15) is 0 Å². The molecule has 14 heavy (non-hydrogen) atoms. The minimum Gasteiger partial charge on any atom is -0.366 e. The molecule has 3 nitrogen and oxygen atoms in total. The molecule has 0 saturated heterocycles. The lowest BCUT2D eigenvalue weighted by Crippen LogP contribution is -2.27. The maximum atomic E-state index is 10.9. The van der Waals surface area contributed by atoms with Crippen LogP contribution in [0.15, 0.2) is 11.6 Å². The molecule has 0 rings (SSSR count). The summed E-state index contributed by atoms with van der Waals surface area (Å²) >= 11 is 0. The van der Waals surface area contributed by atoms with Crippen molar-refractivity contribution in [3.05, 3.63) is 11.6 Å². The molecule has 0 aliphatic heterocycles. The number of nitrogens with two attached hydrogens (primary N) is 1. The zero-order valence-corrected chi connectivity index (χ0v) is 9.71. The minimum atomic E-state index is -0.326. The Hall–Kier alpha value is -0.830. The number of unbranched alkanes of at least 4 members (excludes halogenated alkanes) is 1. The van der Waals surface area contributed by atoms with Crippen LogP contribution in [0.25, 0.3) is 0 Å². The van der Waals surface area contributed by atoms with Crippen molar-refractivity contribution in [1.29, 1.82) is 0 Å². The van der Waals surface area contributed by atoms with Crippen molar-refractivity contribution in [3.63, 3.8) is 0 Å². The Morgan fingerprint density at radius 2 is 2.07 bits per heavy atom. The molecule has 1 atom stereocenters. The van der Waals surface area contributed by atoms with E-state index in [1.165, 1.54) is 12.8 Å². The van der Waals surface area contributed by atoms with Crippen LogP contribution in [-0.4, -0.2) is 30.9 Å². The van der Waals surface area contributed by atoms with Crippen molar-refractivity contribution >= 4 is 5.91 Å². The van der Waals surface area contributed by atoms with Crippen molar-refractivity contribution < 1.29 is 4.79 Å². The molecule has 2 N–H and O–H groups in total. The van der Waals surface area contributed by atoms with E-state index in [0.29, 0.717) is 11.6 Å². The fraction of sp³-hybridized carbons (Fsp3) is 0.727. The lowest BCUT2D eigenvalue weighted by molar-refractivity contribution is -0.114. The highest BCUT2D eigenvalue weighted by Gasteiger charge is 2.09. The van der Waals surface area contributed by atoms with Crippen LogP contribution in [0.4, 0.5) is 0 Å². The van der Waals surface area contributed by atoms with Crippen LogP contribution >= 0.6 is 0 Å². The van der Waals surface area contributed by atoms with Crippen LogP contribution in [0.1, 0.15) is 33.1 Å². The van der Waals surface area contributed by atoms with Gasteiger partial charge in [-0.2, -0.15) is 0 Å². The lowest BCUT2D eigenvalue weighted by Gasteiger charge is -2.21. The average molecular weight is 198 g/mol. The van der Waals surface area contributed by atoms with E-state index in [1.54, 1.807) is 6.92 Å². The molecule has 0 heterocycles. The summed E-state index contributed by atoms with van der Waals surface area (Å²) in [6, 6.07) is 0.322. The molecule has 0 fully saturated rings. The second kappa shape index (κ2) is 6.60. The predicted molar refractivity (Wildman–Crippen MR) is 60.0 cm³/mol. The average Bonchev–Trinajstić information content (AvgIpc) is 2.10. The van der Waals surface area contributed by atoms with E-state index in [0.717, 1.165) is 6.42 Å². The molecule has 3 heteroatoms. The maximum Gasteiger partial charge on any atom is 0.244 e. The van der Waals surface area contributed by atoms with Gasteiger partial charge in [-0.3, -0.25) is 4.79 Å². The van der Waals surface area contributed by atoms with E-state index in [4.69, 9.17) is 5.73 Å². The molecule has 0 bridgehead atoms. The monoisotopic (exact) mass is 198 g/mol. The quantitative estimate of drug-likeness (QED) is 0.658. The summed E-state index contributed by atoms with van der Waals surface area (Å²) in [6.45, 7) is 3.93. The molecule has 0 aromatic carbocycles. The fourth-order valence-corrected chi connectivity index (χ4v) is 1.27. The Labute approximate surface area is 87.0 Å². The number of carbonyl (C=O) groups excluding carboxylic acids is 1. The third kappa shape index (κ3) is 5.02. The molecule has 1 unspecified atom stereocenters. The third-order valence-electron chi connectivity index (χ3n) is 2.35. The van der Waals surface area contributed by atoms with Gasteiger partial charge in [-0.05, 0) is 27.4 Å². The summed E-state index contributed by atoms with van der Waals surface area (Å²) in [7, 11) is 4.04. The molecule has 0 aromatic heterocycles. The topological polar surface area (TPSA) is 46.3 Å². The standard InChI is InChI=1S/C11H22N2O/c1-5-6-7-10(13(3)4)8-9(2)11(12)14/h8,10H,5-7H2,1-4H3,(H2,12,14). The first-order valence-electron chi connectivity index (χ1n) is 5.13. The molecule has 0 radical (unpaired) electrons. The predicted octanol–water partition coefficient (Wildman–Crippen LogP) is 1.54. The summed E-state index contributed by atoms with van der Waals surface area (Å²) in [5.41, 5.74) is 5.84. The molecule has 0 spiro atoms. The molecule has 1 amide bonds. The number of hydrogen-bond acceptors (Lipinski definition) is 2. The van der Waals surface area contributed by atoms with Crippen molar-refractivity contribution in [3.8, 4) is 0 Å². The van der Waals surface area contributed by atoms with Gasteiger partial charge in [-0.15, -0.1) is 0 Å². The number of likely N-dealkylation sites (N-methyl/N-ethyl adjacent to an activating group) is 1. The van der Waals surface area contributed by atoms with Crippen LogP contribution in [0.3, 0.4) is 0 Å². The van der Waals surface area contributed by atoms with Gasteiger partial charge in [0.05, 0.1) is 0 Å². The van der Waals surface area contributed by atoms with Gasteiger partial charge >= 0.3 is 0 Å². The number of carbonyl (C=O) groups is 1. The van der Waals surface area contributed by atoms with Crippen LogP contribution < -0.4 is 5.73 Å². The molecular formula is C11H22N2O. The Morgan fingerprint density at radius 1 is 1.50 bits per heavy atom. The van der Waals surface area contributed by atoms with Crippen LogP contribution in [-0.2, 0) is 4.79 Å². The van der Waals surface area contributed by atoms with Gasteiger partial charge < -0.3 is 10.6 Å². The van der Waals surface area contributed by atoms with E-state index in [9.17, 15) is 4.79 Å². The summed E-state index contributed by atoms with van der Waals surface area (Å²) in [4.78, 5) is 13.0. The highest BCUT2D eigenvalue weighted by atomic mass is 16.1. The Balaban J connectivity index is 4.35. The lowest BCUT2D eigenvalue weighted by atomic mass is 10.1. The zero-order valence-electron chi connectivity index (χ0n) is 9.71. The van der Waals surface area contributed by atoms with Gasteiger partial charge in [-0.25, -0.2) is 0 Å². The number of primary amides is 1. The third-order valence-corrected chi connectivity index (χ3v) is 2.35. The van der Waals surface area contributed by atoms with Crippen molar-refractivity contribution in [2.24, 2.45) is 5.73 Å². The largest absolute Gasteiger partial charge is 0.366 e. The van der Waals surface area contributed by atoms with Gasteiger partial charge in [-0.1, -0.05) is 25.8 Å². The fourth-order valence-electron chi connectivity index (χ4n) is 1.27. The second-order valence-electron chi connectivity index (χ2n) is 3.89. The molecule has 82 valence electrons. The SMILES string of the molecule is CCCCC(C=C(C)C(N)=O)N(C)C. The van der Waals surface area contributed by atoms with Gasteiger partial charge in [0.25, 0.3) is 0 Å². The van der Waals surface area contributed by atoms with Crippen LogP contribution in [0, 0.1) is 0 Å². The van der Waals surface area contributed by atoms with E-state index in [-0.39, 0.29) is 5.91 Å². The number of amides is 1. The van der Waals surface area contributed by atoms with Crippen molar-refractivity contribution in [1.82, 2.24) is 4.90 Å². The Morgan fingerprint density at radius 3 is 2.43 bits per heavy atom. The molecule has 0 aliphatic carbocycles. The van der Waals surface area contributed by atoms with E-state index >= 15 is 0 Å². The first-order valence-corrected chi connectivity index (χ1v) is 5.13. The van der Waals surface area contributed by atoms with Crippen LogP contribution in [0.5, 0.6) is 0 Å². The first kappa shape index (κ1) is 13.2. The number of rotatable bonds is 6. The number of hydrogen-bond donors (Lipinski definition) is 1. The summed E-state index contributed by atoms with van der Waals surface area (Å²) < 4.78 is 0. The van der Waals surface area contributed by atoms with Gasteiger partial charge in [0, 0.05) is 11.6 Å². The van der Waals surface area contributed by atoms with Crippen molar-refractivity contribution in [2.45, 2.75) is 39.2 Å². The Kier molecular flexibility index (Phi) is 6.21. The molecule has 0 aromatic rings. The highest BCUT2D eigenvalue weighted by molar-refractivity contribution is 5.91. The maximum absolute atomic E-state index is 10.9. The smallest absolute Gasteiger partial charge is 0.244 e. The zero-order chi connectivity index (χ0) is 11.1. The van der Waals surface area contributed by atoms with Gasteiger partial charge in [0.2, 0.25) is 5.91 Å². The first-order chi connectivity index (χ1) is 6.49. The normalized spacial score (nSPS) is 14.5. The number of nitrogens with zero attached hydrogens (tertiary/aromatic N) is 1. The molecule has 0 aliphatic rings.